The van der Waals surface area contributed by atoms with E-state index >= 15 is 0 Å². The normalized spacial score (nSPS) is 10.8. The lowest BCUT2D eigenvalue weighted by atomic mass is 15.7. The van der Waals surface area contributed by atoms with Crippen LogP contribution in [0.1, 0.15) is 0 Å². The van der Waals surface area contributed by atoms with Crippen molar-refractivity contribution in [3.63, 3.8) is 0 Å². The van der Waals surface area contributed by atoms with E-state index in [0.29, 0.717) is 0 Å². The van der Waals surface area contributed by atoms with Crippen LogP contribution in [-0.2, 0) is 16.5 Å². The highest BCUT2D eigenvalue weighted by atomic mass is 28.4. The van der Waals surface area contributed by atoms with E-state index in [0.717, 1.165) is 0 Å². The first-order chi connectivity index (χ1) is 4.81. The Hall–Kier alpha value is 0.884. The molecule has 0 aromatic heterocycles. The standard InChI is InChI=1S/O5Si5/c1-10(4-8-2-6)5-9-3-7/q-1. The van der Waals surface area contributed by atoms with Crippen molar-refractivity contribution in [2.45, 2.75) is 0 Å². The Morgan fingerprint density at radius 1 is 1.10 bits per heavy atom. The molecule has 0 atom stereocenters. The van der Waals surface area contributed by atoms with E-state index in [9.17, 15) is 4.80 Å². The molecule has 0 bridgehead atoms. The average Bonchev–Trinajstić information content (AvgIpc) is 1.97. The summed E-state index contributed by atoms with van der Waals surface area (Å²) >= 11 is 0. The number of hydrogen-bond acceptors (Lipinski definition) is 5. The van der Waals surface area contributed by atoms with E-state index in [1.807, 2.05) is 0 Å². The second-order valence-electron chi connectivity index (χ2n) is 0.825. The van der Waals surface area contributed by atoms with Gasteiger partial charge < -0.3 is 21.3 Å². The van der Waals surface area contributed by atoms with Crippen LogP contribution in [-0.4, -0.2) is 50.5 Å². The lowest BCUT2D eigenvalue weighted by Crippen LogP contribution is -2.40. The Bertz CT molecular complexity index is 59.1. The van der Waals surface area contributed by atoms with Crippen LogP contribution in [0, 0.1) is 0 Å². The Morgan fingerprint density at radius 2 is 1.50 bits per heavy atom. The Morgan fingerprint density at radius 3 is 1.80 bits per heavy atom. The molecule has 0 aliphatic rings. The molecule has 0 aliphatic carbocycles. The van der Waals surface area contributed by atoms with Crippen molar-refractivity contribution in [3.05, 3.63) is 0 Å². The quantitative estimate of drug-likeness (QED) is 0.438. The zero-order valence-electron chi connectivity index (χ0n) is 4.54. The lowest BCUT2D eigenvalue weighted by molar-refractivity contribution is -0.236. The molecule has 0 spiro atoms. The highest BCUT2D eigenvalue weighted by Gasteiger charge is 1.99. The molecule has 51 valence electrons. The smallest absolute Gasteiger partial charge is 0.410 e. The van der Waals surface area contributed by atoms with Crippen molar-refractivity contribution < 1.29 is 21.3 Å². The summed E-state index contributed by atoms with van der Waals surface area (Å²) in [6, 6.07) is 0. The maximum Gasteiger partial charge on any atom is 0.410 e. The summed E-state index contributed by atoms with van der Waals surface area (Å²) in [5.41, 5.74) is 0. The minimum atomic E-state index is -2.45. The van der Waals surface area contributed by atoms with Gasteiger partial charge in [-0.25, -0.2) is 0 Å². The van der Waals surface area contributed by atoms with E-state index in [4.69, 9.17) is 0 Å². The summed E-state index contributed by atoms with van der Waals surface area (Å²) in [6.45, 7) is 0. The van der Waals surface area contributed by atoms with E-state index < -0.39 is 9.53 Å². The van der Waals surface area contributed by atoms with Crippen LogP contribution in [0.2, 0.25) is 0 Å². The maximum absolute atomic E-state index is 10.5. The van der Waals surface area contributed by atoms with Crippen LogP contribution < -0.4 is 4.80 Å². The van der Waals surface area contributed by atoms with Gasteiger partial charge in [0.05, 0.1) is 0 Å². The second kappa shape index (κ2) is 7.99. The molecule has 0 aromatic rings. The van der Waals surface area contributed by atoms with E-state index in [1.54, 1.807) is 0 Å². The number of hydrogen-bond donors (Lipinski definition) is 0. The topological polar surface area (TPSA) is 60.0 Å². The van der Waals surface area contributed by atoms with Crippen molar-refractivity contribution in [2.75, 3.05) is 0 Å². The molecule has 0 unspecified atom stereocenters. The average molecular weight is 220 g/mol. The van der Waals surface area contributed by atoms with Gasteiger partial charge in [0.15, 0.2) is 0 Å². The predicted molar refractivity (Wildman–Crippen MR) is 33.1 cm³/mol. The molecule has 0 saturated heterocycles. The van der Waals surface area contributed by atoms with Crippen LogP contribution in [0.4, 0.5) is 0 Å². The fourth-order valence-corrected chi connectivity index (χ4v) is 2.30. The molecule has 0 amide bonds. The summed E-state index contributed by atoms with van der Waals surface area (Å²) in [4.78, 5) is 10.5. The fraction of sp³-hybridized carbons (Fsp3) is 0. The molecular formula is O5Si5-. The molecule has 0 aromatic carbocycles. The van der Waals surface area contributed by atoms with Gasteiger partial charge in [-0.3, -0.25) is 0 Å². The molecule has 0 fully saturated rings. The van der Waals surface area contributed by atoms with Gasteiger partial charge in [-0.2, -0.15) is 0 Å². The summed E-state index contributed by atoms with van der Waals surface area (Å²) in [7, 11) is 2.19. The van der Waals surface area contributed by atoms with Gasteiger partial charge in [-0.15, -0.1) is 0 Å². The molecule has 0 aliphatic heterocycles. The van der Waals surface area contributed by atoms with E-state index in [-0.39, 0.29) is 20.0 Å². The van der Waals surface area contributed by atoms with Gasteiger partial charge in [0.2, 0.25) is 21.0 Å². The molecule has 10 heteroatoms. The van der Waals surface area contributed by atoms with Crippen LogP contribution in [0.5, 0.6) is 0 Å². The first-order valence-electron chi connectivity index (χ1n) is 1.84. The molecule has 0 saturated carbocycles. The first kappa shape index (κ1) is 10.9. The predicted octanol–water partition coefficient (Wildman–Crippen LogP) is -3.37. The van der Waals surface area contributed by atoms with Crippen LogP contribution in [0.25, 0.3) is 0 Å². The molecular weight excluding hydrogens is 220 g/mol. The molecule has 0 rings (SSSR count). The maximum atomic E-state index is 10.5. The third kappa shape index (κ3) is 7.00. The second-order valence-corrected chi connectivity index (χ2v) is 4.92. The van der Waals surface area contributed by atoms with Gasteiger partial charge in [-0.1, -0.05) is 0 Å². The third-order valence-electron chi connectivity index (χ3n) is 0.333. The zero-order valence-corrected chi connectivity index (χ0v) is 9.54. The van der Waals surface area contributed by atoms with Gasteiger partial charge in [0.1, 0.15) is 0 Å². The van der Waals surface area contributed by atoms with Crippen LogP contribution in [0.3, 0.4) is 0 Å². The molecule has 0 N–H and O–H groups in total. The van der Waals surface area contributed by atoms with Crippen molar-refractivity contribution in [1.82, 2.24) is 0 Å². The fourth-order valence-electron chi connectivity index (χ4n) is 0.131. The van der Waals surface area contributed by atoms with Crippen molar-refractivity contribution in [1.29, 1.82) is 0 Å². The van der Waals surface area contributed by atoms with Gasteiger partial charge in [-0.05, 0) is 0 Å². The van der Waals surface area contributed by atoms with Gasteiger partial charge >= 0.3 is 20.0 Å². The summed E-state index contributed by atoms with van der Waals surface area (Å²) in [6.07, 6.45) is 0. The monoisotopic (exact) mass is 220 g/mol. The van der Waals surface area contributed by atoms with Crippen LogP contribution in [0.15, 0.2) is 0 Å². The van der Waals surface area contributed by atoms with E-state index in [2.05, 4.69) is 37.4 Å². The minimum Gasteiger partial charge on any atom is -0.818 e. The summed E-state index contributed by atoms with van der Waals surface area (Å²) in [5.74, 6) is 0. The van der Waals surface area contributed by atoms with Crippen molar-refractivity contribution in [2.24, 2.45) is 0 Å². The Balaban J connectivity index is 3.00. The largest absolute Gasteiger partial charge is 0.818 e. The summed E-state index contributed by atoms with van der Waals surface area (Å²) < 4.78 is 17.6. The highest BCUT2D eigenvalue weighted by molar-refractivity contribution is 6.50. The van der Waals surface area contributed by atoms with Crippen molar-refractivity contribution in [3.8, 4) is 0 Å². The Labute approximate surface area is 72.2 Å². The molecule has 0 heterocycles. The lowest BCUT2D eigenvalue weighted by Gasteiger charge is -2.16. The molecule has 11 radical (unpaired) electrons. The molecule has 10 heavy (non-hydrogen) atoms. The van der Waals surface area contributed by atoms with E-state index in [1.165, 1.54) is 0 Å². The van der Waals surface area contributed by atoms with Crippen molar-refractivity contribution >= 4 is 50.5 Å². The first-order valence-corrected chi connectivity index (χ1v) is 5.51. The minimum absolute atomic E-state index is 0.339. The SMILES string of the molecule is [O-][Si](O[Si]O[Si])O[Si]O[Si]. The van der Waals surface area contributed by atoms with Crippen LogP contribution >= 0.6 is 0 Å². The summed E-state index contributed by atoms with van der Waals surface area (Å²) in [5, 5.41) is 0. The highest BCUT2D eigenvalue weighted by Crippen LogP contribution is 1.76. The number of rotatable bonds is 6. The Kier molecular flexibility index (Phi) is 8.69. The third-order valence-corrected chi connectivity index (χ3v) is 3.00. The van der Waals surface area contributed by atoms with Gasteiger partial charge in [0.25, 0.3) is 9.53 Å². The van der Waals surface area contributed by atoms with Gasteiger partial charge in [0, 0.05) is 0 Å². The molecule has 5 nitrogen and oxygen atoms in total. The zero-order chi connectivity index (χ0) is 7.82.